The van der Waals surface area contributed by atoms with E-state index in [-0.39, 0.29) is 48.4 Å². The van der Waals surface area contributed by atoms with Gasteiger partial charge in [-0.3, -0.25) is 14.4 Å². The molecule has 0 heterocycles. The number of rotatable bonds is 14. The van der Waals surface area contributed by atoms with Crippen LogP contribution in [0.25, 0.3) is 0 Å². The van der Waals surface area contributed by atoms with Gasteiger partial charge in [0.1, 0.15) is 24.9 Å². The molecule has 5 atom stereocenters. The zero-order valence-electron chi connectivity index (χ0n) is 24.6. The lowest BCUT2D eigenvalue weighted by atomic mass is 9.98. The van der Waals surface area contributed by atoms with Gasteiger partial charge in [0, 0.05) is 0 Å². The third kappa shape index (κ3) is 11.6. The van der Waals surface area contributed by atoms with Gasteiger partial charge in [-0.1, -0.05) is 54.5 Å². The van der Waals surface area contributed by atoms with Gasteiger partial charge in [-0.2, -0.15) is 0 Å². The Hall–Kier alpha value is -3.14. The molecule has 1 aromatic carbocycles. The molecule has 0 saturated heterocycles. The number of carbonyl (C=O) groups excluding carboxylic acids is 4. The van der Waals surface area contributed by atoms with Crippen molar-refractivity contribution in [3.05, 3.63) is 23.8 Å². The van der Waals surface area contributed by atoms with Gasteiger partial charge in [0.2, 0.25) is 0 Å². The molecule has 0 amide bonds. The number of ether oxygens (including phenoxy) is 5. The quantitative estimate of drug-likeness (QED) is 0.252. The molecule has 1 rings (SSSR count). The average molecular weight is 552 g/mol. The van der Waals surface area contributed by atoms with Gasteiger partial charge in [-0.15, -0.1) is 0 Å². The number of esters is 3. The molecule has 220 valence electrons. The van der Waals surface area contributed by atoms with Gasteiger partial charge >= 0.3 is 24.1 Å². The Kier molecular flexibility index (Phi) is 14.0. The van der Waals surface area contributed by atoms with Gasteiger partial charge < -0.3 is 29.4 Å². The van der Waals surface area contributed by atoms with Gasteiger partial charge in [-0.05, 0) is 56.2 Å². The van der Waals surface area contributed by atoms with Crippen molar-refractivity contribution in [2.24, 2.45) is 29.4 Å². The molecule has 0 radical (unpaired) electrons. The van der Waals surface area contributed by atoms with Gasteiger partial charge in [0.05, 0.1) is 11.8 Å². The molecule has 0 bridgehead atoms. The Morgan fingerprint density at radius 3 is 1.79 bits per heavy atom. The van der Waals surface area contributed by atoms with Crippen molar-refractivity contribution in [1.29, 1.82) is 0 Å². The summed E-state index contributed by atoms with van der Waals surface area (Å²) < 4.78 is 26.4. The van der Waals surface area contributed by atoms with Crippen molar-refractivity contribution in [3.8, 4) is 11.5 Å². The highest BCUT2D eigenvalue weighted by atomic mass is 16.7. The minimum absolute atomic E-state index is 0.0405. The fourth-order valence-corrected chi connectivity index (χ4v) is 2.91. The maximum atomic E-state index is 12.7. The number of nitrogens with two attached hydrogens (primary N) is 1. The molecule has 1 aromatic rings. The Morgan fingerprint density at radius 1 is 0.744 bits per heavy atom. The number of hydrogen-bond donors (Lipinski definition) is 1. The van der Waals surface area contributed by atoms with Crippen molar-refractivity contribution in [1.82, 2.24) is 0 Å². The summed E-state index contributed by atoms with van der Waals surface area (Å²) in [7, 11) is 0. The van der Waals surface area contributed by atoms with Crippen LogP contribution < -0.4 is 15.2 Å². The molecule has 10 heteroatoms. The summed E-state index contributed by atoms with van der Waals surface area (Å²) in [6.07, 6.45) is -1.16. The molecule has 0 aliphatic heterocycles. The molecule has 0 aromatic heterocycles. The predicted octanol–water partition coefficient (Wildman–Crippen LogP) is 4.83. The predicted molar refractivity (Wildman–Crippen MR) is 145 cm³/mol. The van der Waals surface area contributed by atoms with Crippen molar-refractivity contribution in [2.45, 2.75) is 93.4 Å². The van der Waals surface area contributed by atoms with Gasteiger partial charge in [0.15, 0.2) is 11.5 Å². The standard InChI is InChI=1S/C29H45NO9/c1-10-18(6)37-29(34)35-15-19(7)36-28(33)23(30)13-22-11-12-24(38-26(31)20(8)16(2)3)25(14-22)39-27(32)21(9)17(4)5/h11-12,14,16-21,23H,10,13,15,30H2,1-9H3/t18?,19-,20?,21?,23-/m0/s1. The van der Waals surface area contributed by atoms with E-state index < -0.39 is 42.1 Å². The summed E-state index contributed by atoms with van der Waals surface area (Å²) in [6.45, 7) is 16.1. The molecule has 10 nitrogen and oxygen atoms in total. The first kappa shape index (κ1) is 33.9. The highest BCUT2D eigenvalue weighted by molar-refractivity contribution is 5.79. The first-order valence-electron chi connectivity index (χ1n) is 13.5. The van der Waals surface area contributed by atoms with Crippen molar-refractivity contribution in [2.75, 3.05) is 6.61 Å². The Morgan fingerprint density at radius 2 is 1.28 bits per heavy atom. The molecular formula is C29H45NO9. The third-order valence-electron chi connectivity index (χ3n) is 6.56. The van der Waals surface area contributed by atoms with Crippen LogP contribution in [-0.4, -0.2) is 48.9 Å². The van der Waals surface area contributed by atoms with Crippen molar-refractivity contribution in [3.63, 3.8) is 0 Å². The zero-order valence-corrected chi connectivity index (χ0v) is 24.6. The van der Waals surface area contributed by atoms with E-state index in [4.69, 9.17) is 29.4 Å². The maximum Gasteiger partial charge on any atom is 0.508 e. The normalized spacial score (nSPS) is 15.1. The van der Waals surface area contributed by atoms with Crippen LogP contribution in [0.4, 0.5) is 4.79 Å². The van der Waals surface area contributed by atoms with Crippen LogP contribution in [0.1, 0.15) is 74.3 Å². The first-order chi connectivity index (χ1) is 18.2. The first-order valence-corrected chi connectivity index (χ1v) is 13.5. The fourth-order valence-electron chi connectivity index (χ4n) is 2.91. The van der Waals surface area contributed by atoms with Crippen LogP contribution in [0.2, 0.25) is 0 Å². The minimum atomic E-state index is -1.05. The molecule has 0 saturated carbocycles. The fraction of sp³-hybridized carbons (Fsp3) is 0.655. The SMILES string of the molecule is CCC(C)OC(=O)OC[C@H](C)OC(=O)[C@@H](N)Cc1ccc(OC(=O)C(C)C(C)C)c(OC(=O)C(C)C(C)C)c1. The van der Waals surface area contributed by atoms with Crippen LogP contribution >= 0.6 is 0 Å². The molecule has 0 spiro atoms. The lowest BCUT2D eigenvalue weighted by Crippen LogP contribution is -2.37. The average Bonchev–Trinajstić information content (AvgIpc) is 2.87. The monoisotopic (exact) mass is 551 g/mol. The summed E-state index contributed by atoms with van der Waals surface area (Å²) in [5, 5.41) is 0. The van der Waals surface area contributed by atoms with E-state index in [0.29, 0.717) is 12.0 Å². The van der Waals surface area contributed by atoms with Crippen LogP contribution in [0, 0.1) is 23.7 Å². The summed E-state index contributed by atoms with van der Waals surface area (Å²) in [5.41, 5.74) is 6.64. The zero-order chi connectivity index (χ0) is 29.9. The molecule has 0 aliphatic carbocycles. The molecule has 3 unspecified atom stereocenters. The van der Waals surface area contributed by atoms with E-state index in [2.05, 4.69) is 0 Å². The maximum absolute atomic E-state index is 12.7. The topological polar surface area (TPSA) is 140 Å². The Bertz CT molecular complexity index is 976. The van der Waals surface area contributed by atoms with Crippen LogP contribution in [-0.2, 0) is 35.0 Å². The highest BCUT2D eigenvalue weighted by Crippen LogP contribution is 2.31. The third-order valence-corrected chi connectivity index (χ3v) is 6.56. The molecule has 2 N–H and O–H groups in total. The van der Waals surface area contributed by atoms with E-state index in [1.807, 2.05) is 34.6 Å². The summed E-state index contributed by atoms with van der Waals surface area (Å²) in [5.74, 6) is -2.11. The second kappa shape index (κ2) is 16.1. The van der Waals surface area contributed by atoms with Gasteiger partial charge in [-0.25, -0.2) is 4.79 Å². The summed E-state index contributed by atoms with van der Waals surface area (Å²) >= 11 is 0. The number of carbonyl (C=O) groups is 4. The number of hydrogen-bond acceptors (Lipinski definition) is 10. The van der Waals surface area contributed by atoms with E-state index in [1.54, 1.807) is 33.8 Å². The summed E-state index contributed by atoms with van der Waals surface area (Å²) in [6, 6.07) is 3.63. The Balaban J connectivity index is 2.94. The minimum Gasteiger partial charge on any atom is -0.458 e. The molecular weight excluding hydrogens is 506 g/mol. The van der Waals surface area contributed by atoms with Crippen molar-refractivity contribution >= 4 is 24.1 Å². The smallest absolute Gasteiger partial charge is 0.458 e. The van der Waals surface area contributed by atoms with Crippen LogP contribution in [0.15, 0.2) is 18.2 Å². The van der Waals surface area contributed by atoms with E-state index in [1.165, 1.54) is 12.1 Å². The second-order valence-electron chi connectivity index (χ2n) is 10.6. The van der Waals surface area contributed by atoms with Crippen LogP contribution in [0.3, 0.4) is 0 Å². The second-order valence-corrected chi connectivity index (χ2v) is 10.6. The van der Waals surface area contributed by atoms with E-state index >= 15 is 0 Å². The molecule has 39 heavy (non-hydrogen) atoms. The molecule has 0 aliphatic rings. The largest absolute Gasteiger partial charge is 0.508 e. The van der Waals surface area contributed by atoms with E-state index in [0.717, 1.165) is 0 Å². The van der Waals surface area contributed by atoms with E-state index in [9.17, 15) is 19.2 Å². The Labute approximate surface area is 231 Å². The lowest BCUT2D eigenvalue weighted by molar-refractivity contribution is -0.152. The highest BCUT2D eigenvalue weighted by Gasteiger charge is 2.25. The van der Waals surface area contributed by atoms with Crippen LogP contribution in [0.5, 0.6) is 11.5 Å². The summed E-state index contributed by atoms with van der Waals surface area (Å²) in [4.78, 5) is 49.4. The molecule has 0 fully saturated rings. The number of benzene rings is 1. The lowest BCUT2D eigenvalue weighted by Gasteiger charge is -2.20. The van der Waals surface area contributed by atoms with Gasteiger partial charge in [0.25, 0.3) is 0 Å². The van der Waals surface area contributed by atoms with Crippen molar-refractivity contribution < 1.29 is 42.9 Å².